The van der Waals surface area contributed by atoms with Crippen LogP contribution in [0.15, 0.2) is 18.2 Å². The summed E-state index contributed by atoms with van der Waals surface area (Å²) in [5.41, 5.74) is 6.13. The van der Waals surface area contributed by atoms with Crippen molar-refractivity contribution in [1.29, 1.82) is 0 Å². The molecule has 102 valence electrons. The molecule has 0 atom stereocenters. The molecule has 0 radical (unpaired) electrons. The zero-order valence-electron chi connectivity index (χ0n) is 11.3. The van der Waals surface area contributed by atoms with Crippen molar-refractivity contribution in [3.63, 3.8) is 0 Å². The van der Waals surface area contributed by atoms with Gasteiger partial charge in [0.25, 0.3) is 0 Å². The summed E-state index contributed by atoms with van der Waals surface area (Å²) in [6, 6.07) is 3.57. The average molecular weight is 256 g/mol. The summed E-state index contributed by atoms with van der Waals surface area (Å²) >= 11 is 0. The Labute approximate surface area is 108 Å². The third-order valence-electron chi connectivity index (χ3n) is 2.91. The number of halogens is 2. The van der Waals surface area contributed by atoms with Crippen LogP contribution in [-0.4, -0.2) is 30.6 Å². The molecule has 0 aliphatic heterocycles. The van der Waals surface area contributed by atoms with Gasteiger partial charge in [-0.15, -0.1) is 0 Å². The molecule has 0 heterocycles. The van der Waals surface area contributed by atoms with Crippen LogP contribution in [0.2, 0.25) is 0 Å². The van der Waals surface area contributed by atoms with Crippen LogP contribution in [-0.2, 0) is 6.42 Å². The zero-order valence-corrected chi connectivity index (χ0v) is 11.3. The van der Waals surface area contributed by atoms with E-state index in [9.17, 15) is 8.78 Å². The van der Waals surface area contributed by atoms with E-state index in [0.29, 0.717) is 18.5 Å². The molecular weight excluding hydrogens is 234 g/mol. The van der Waals surface area contributed by atoms with Crippen molar-refractivity contribution in [3.8, 4) is 0 Å². The van der Waals surface area contributed by atoms with Crippen molar-refractivity contribution < 1.29 is 8.78 Å². The summed E-state index contributed by atoms with van der Waals surface area (Å²) < 4.78 is 26.4. The fourth-order valence-corrected chi connectivity index (χ4v) is 1.64. The van der Waals surface area contributed by atoms with Crippen molar-refractivity contribution in [1.82, 2.24) is 4.90 Å². The highest BCUT2D eigenvalue weighted by Gasteiger charge is 2.12. The van der Waals surface area contributed by atoms with Gasteiger partial charge < -0.3 is 10.6 Å². The zero-order chi connectivity index (χ0) is 13.8. The number of nitrogens with zero attached hydrogens (tertiary/aromatic N) is 1. The lowest BCUT2D eigenvalue weighted by Crippen LogP contribution is -2.36. The van der Waals surface area contributed by atoms with Crippen molar-refractivity contribution in [2.45, 2.75) is 32.2 Å². The monoisotopic (exact) mass is 256 g/mol. The fourth-order valence-electron chi connectivity index (χ4n) is 1.64. The van der Waals surface area contributed by atoms with Crippen molar-refractivity contribution in [2.24, 2.45) is 5.73 Å². The molecule has 0 aromatic heterocycles. The first-order valence-corrected chi connectivity index (χ1v) is 6.19. The Morgan fingerprint density at radius 3 is 2.50 bits per heavy atom. The fraction of sp³-hybridized carbons (Fsp3) is 0.571. The Kier molecular flexibility index (Phi) is 5.23. The smallest absolute Gasteiger partial charge is 0.126 e. The molecule has 2 N–H and O–H groups in total. The average Bonchev–Trinajstić information content (AvgIpc) is 2.26. The summed E-state index contributed by atoms with van der Waals surface area (Å²) in [7, 11) is 1.96. The van der Waals surface area contributed by atoms with Crippen LogP contribution < -0.4 is 5.73 Å². The van der Waals surface area contributed by atoms with Crippen LogP contribution >= 0.6 is 0 Å². The predicted molar refractivity (Wildman–Crippen MR) is 70.4 cm³/mol. The second-order valence-electron chi connectivity index (χ2n) is 5.53. The van der Waals surface area contributed by atoms with Gasteiger partial charge in [0, 0.05) is 12.1 Å². The van der Waals surface area contributed by atoms with Gasteiger partial charge in [-0.05, 0) is 64.0 Å². The van der Waals surface area contributed by atoms with E-state index < -0.39 is 5.82 Å². The maximum absolute atomic E-state index is 13.4. The Morgan fingerprint density at radius 2 is 1.89 bits per heavy atom. The molecule has 0 aliphatic carbocycles. The van der Waals surface area contributed by atoms with E-state index in [-0.39, 0.29) is 11.4 Å². The molecule has 0 amide bonds. The minimum Gasteiger partial charge on any atom is -0.326 e. The van der Waals surface area contributed by atoms with Gasteiger partial charge >= 0.3 is 0 Å². The first-order valence-electron chi connectivity index (χ1n) is 6.19. The van der Waals surface area contributed by atoms with Gasteiger partial charge in [0.2, 0.25) is 0 Å². The van der Waals surface area contributed by atoms with Crippen LogP contribution in [0.5, 0.6) is 0 Å². The largest absolute Gasteiger partial charge is 0.326 e. The first-order chi connectivity index (χ1) is 8.28. The van der Waals surface area contributed by atoms with Crippen molar-refractivity contribution in [2.75, 3.05) is 20.1 Å². The molecule has 0 bridgehead atoms. The van der Waals surface area contributed by atoms with Crippen molar-refractivity contribution >= 4 is 0 Å². The van der Waals surface area contributed by atoms with E-state index in [0.717, 1.165) is 19.0 Å². The molecule has 0 spiro atoms. The van der Waals surface area contributed by atoms with Gasteiger partial charge in [-0.2, -0.15) is 0 Å². The second kappa shape index (κ2) is 6.25. The molecule has 18 heavy (non-hydrogen) atoms. The van der Waals surface area contributed by atoms with Gasteiger partial charge in [-0.25, -0.2) is 8.78 Å². The molecule has 0 unspecified atom stereocenters. The van der Waals surface area contributed by atoms with Gasteiger partial charge in [0.05, 0.1) is 0 Å². The Balaban J connectivity index is 2.42. The quantitative estimate of drug-likeness (QED) is 0.847. The molecule has 4 heteroatoms. The van der Waals surface area contributed by atoms with Crippen molar-refractivity contribution in [3.05, 3.63) is 35.4 Å². The minimum absolute atomic E-state index is 0.196. The molecule has 0 saturated heterocycles. The van der Waals surface area contributed by atoms with Gasteiger partial charge in [-0.1, -0.05) is 0 Å². The van der Waals surface area contributed by atoms with E-state index in [1.807, 2.05) is 20.9 Å². The molecule has 0 fully saturated rings. The van der Waals surface area contributed by atoms with Crippen LogP contribution in [0.25, 0.3) is 0 Å². The van der Waals surface area contributed by atoms with Gasteiger partial charge in [0.1, 0.15) is 11.6 Å². The molecule has 2 nitrogen and oxygen atoms in total. The van der Waals surface area contributed by atoms with Gasteiger partial charge in [-0.3, -0.25) is 0 Å². The molecule has 1 aromatic rings. The third-order valence-corrected chi connectivity index (χ3v) is 2.91. The summed E-state index contributed by atoms with van der Waals surface area (Å²) in [5.74, 6) is -0.735. The third kappa shape index (κ3) is 5.56. The molecule has 0 aliphatic rings. The lowest BCUT2D eigenvalue weighted by molar-refractivity contribution is 0.297. The predicted octanol–water partition coefficient (Wildman–Crippen LogP) is 2.57. The maximum atomic E-state index is 13.4. The Hall–Kier alpha value is -1.00. The van der Waals surface area contributed by atoms with E-state index in [1.54, 1.807) is 0 Å². The summed E-state index contributed by atoms with van der Waals surface area (Å²) in [4.78, 5) is 2.08. The Bertz CT molecular complexity index is 386. The van der Waals surface area contributed by atoms with E-state index in [1.165, 1.54) is 12.1 Å². The van der Waals surface area contributed by atoms with Gasteiger partial charge in [0.15, 0.2) is 0 Å². The molecule has 0 saturated carbocycles. The Morgan fingerprint density at radius 1 is 1.22 bits per heavy atom. The second-order valence-corrected chi connectivity index (χ2v) is 5.53. The number of benzene rings is 1. The minimum atomic E-state index is -0.392. The lowest BCUT2D eigenvalue weighted by atomic mass is 10.0. The van der Waals surface area contributed by atoms with Crippen LogP contribution in [0.3, 0.4) is 0 Å². The highest BCUT2D eigenvalue weighted by atomic mass is 19.1. The highest BCUT2D eigenvalue weighted by Crippen LogP contribution is 2.11. The van der Waals surface area contributed by atoms with E-state index in [4.69, 9.17) is 5.73 Å². The number of nitrogens with two attached hydrogens (primary N) is 1. The number of likely N-dealkylation sites (N-methyl/N-ethyl adjacent to an activating group) is 1. The topological polar surface area (TPSA) is 29.3 Å². The highest BCUT2D eigenvalue weighted by molar-refractivity contribution is 5.18. The first kappa shape index (κ1) is 15.1. The van der Waals surface area contributed by atoms with E-state index >= 15 is 0 Å². The summed E-state index contributed by atoms with van der Waals surface area (Å²) in [6.07, 6.45) is 1.38. The summed E-state index contributed by atoms with van der Waals surface area (Å²) in [5, 5.41) is 0. The number of hydrogen-bond donors (Lipinski definition) is 1. The summed E-state index contributed by atoms with van der Waals surface area (Å²) in [6.45, 7) is 5.50. The molecular formula is C14H22F2N2. The van der Waals surface area contributed by atoms with E-state index in [2.05, 4.69) is 4.90 Å². The standard InChI is InChI=1S/C14H22F2N2/c1-14(2,17)7-9-18(3)8-6-11-10-12(15)4-5-13(11)16/h4-5,10H,6-9,17H2,1-3H3. The van der Waals surface area contributed by atoms with Crippen LogP contribution in [0.4, 0.5) is 8.78 Å². The number of hydrogen-bond acceptors (Lipinski definition) is 2. The molecule has 1 rings (SSSR count). The SMILES string of the molecule is CN(CCc1cc(F)ccc1F)CCC(C)(C)N. The maximum Gasteiger partial charge on any atom is 0.126 e. The number of rotatable bonds is 6. The van der Waals surface area contributed by atoms with Crippen LogP contribution in [0, 0.1) is 11.6 Å². The normalized spacial score (nSPS) is 12.2. The lowest BCUT2D eigenvalue weighted by Gasteiger charge is -2.23. The van der Waals surface area contributed by atoms with Crippen LogP contribution in [0.1, 0.15) is 25.8 Å². The molecule has 1 aromatic carbocycles.